The van der Waals surface area contributed by atoms with Crippen molar-refractivity contribution in [1.82, 2.24) is 25.1 Å². The van der Waals surface area contributed by atoms with Gasteiger partial charge in [0.05, 0.1) is 5.69 Å². The fraction of sp³-hybridized carbons (Fsp3) is 0.222. The lowest BCUT2D eigenvalue weighted by Crippen LogP contribution is -2.29. The van der Waals surface area contributed by atoms with Gasteiger partial charge in [-0.15, -0.1) is 13.2 Å². The molecule has 0 atom stereocenters. The largest absolute Gasteiger partial charge is 0.573 e. The third-order valence-corrected chi connectivity index (χ3v) is 3.66. The molecule has 0 bridgehead atoms. The van der Waals surface area contributed by atoms with Crippen molar-refractivity contribution < 1.29 is 22.7 Å². The molecule has 1 aromatic carbocycles. The number of nitrogens with one attached hydrogen (secondary N) is 2. The molecule has 152 valence electrons. The lowest BCUT2D eigenvalue weighted by Gasteiger charge is -2.11. The molecule has 3 aromatic rings. The van der Waals surface area contributed by atoms with Gasteiger partial charge in [-0.25, -0.2) is 14.6 Å². The van der Waals surface area contributed by atoms with Crippen LogP contribution < -0.4 is 15.4 Å². The van der Waals surface area contributed by atoms with E-state index < -0.39 is 18.0 Å². The van der Waals surface area contributed by atoms with E-state index in [0.717, 1.165) is 17.8 Å². The van der Waals surface area contributed by atoms with Gasteiger partial charge in [0.1, 0.15) is 17.9 Å². The fourth-order valence-corrected chi connectivity index (χ4v) is 2.41. The zero-order valence-corrected chi connectivity index (χ0v) is 15.3. The number of carbonyl (C=O) groups is 1. The summed E-state index contributed by atoms with van der Waals surface area (Å²) in [5.74, 6) is 0.152. The molecule has 0 saturated heterocycles. The van der Waals surface area contributed by atoms with E-state index in [9.17, 15) is 18.0 Å². The average Bonchev–Trinajstić information content (AvgIpc) is 3.11. The summed E-state index contributed by atoms with van der Waals surface area (Å²) < 4.78 is 42.2. The Balaban J connectivity index is 1.51. The van der Waals surface area contributed by atoms with Crippen LogP contribution in [0.5, 0.6) is 5.75 Å². The van der Waals surface area contributed by atoms with Crippen LogP contribution in [0.1, 0.15) is 16.1 Å². The number of hydrogen-bond donors (Lipinski definition) is 2. The van der Waals surface area contributed by atoms with Crippen molar-refractivity contribution in [3.05, 3.63) is 60.2 Å². The molecule has 3 rings (SSSR count). The van der Waals surface area contributed by atoms with Crippen LogP contribution in [0.3, 0.4) is 0 Å². The van der Waals surface area contributed by atoms with Crippen molar-refractivity contribution >= 4 is 11.7 Å². The van der Waals surface area contributed by atoms with Crippen LogP contribution in [0, 0.1) is 6.92 Å². The maximum absolute atomic E-state index is 12.3. The van der Waals surface area contributed by atoms with Crippen LogP contribution >= 0.6 is 0 Å². The standard InChI is InChI=1S/C18H17F3N6O2/c1-12-5-8-27(26-12)16-10-15(24-11-25-16)22-6-7-23-17(28)13-3-2-4-14(9-13)29-18(19,20)21/h2-5,8-11H,6-7H2,1H3,(H,23,28)(H,22,24,25). The van der Waals surface area contributed by atoms with Crippen molar-refractivity contribution in [2.24, 2.45) is 0 Å². The van der Waals surface area contributed by atoms with Gasteiger partial charge in [-0.2, -0.15) is 5.10 Å². The molecule has 0 fully saturated rings. The molecule has 29 heavy (non-hydrogen) atoms. The predicted molar refractivity (Wildman–Crippen MR) is 97.8 cm³/mol. The van der Waals surface area contributed by atoms with E-state index in [1.807, 2.05) is 13.0 Å². The number of aryl methyl sites for hydroxylation is 1. The van der Waals surface area contributed by atoms with Gasteiger partial charge >= 0.3 is 6.36 Å². The smallest absolute Gasteiger partial charge is 0.406 e. The molecule has 2 aromatic heterocycles. The number of ether oxygens (including phenoxy) is 1. The number of nitrogens with zero attached hydrogens (tertiary/aromatic N) is 4. The van der Waals surface area contributed by atoms with E-state index in [1.165, 1.54) is 18.5 Å². The molecular formula is C18H17F3N6O2. The second-order valence-electron chi connectivity index (χ2n) is 5.92. The number of anilines is 1. The first-order chi connectivity index (χ1) is 13.8. The third-order valence-electron chi connectivity index (χ3n) is 3.66. The van der Waals surface area contributed by atoms with E-state index in [4.69, 9.17) is 0 Å². The summed E-state index contributed by atoms with van der Waals surface area (Å²) >= 11 is 0. The van der Waals surface area contributed by atoms with Crippen molar-refractivity contribution in [3.63, 3.8) is 0 Å². The van der Waals surface area contributed by atoms with Crippen LogP contribution in [-0.4, -0.2) is 45.1 Å². The number of carbonyl (C=O) groups excluding carboxylic acids is 1. The minimum absolute atomic E-state index is 0.0603. The molecule has 0 radical (unpaired) electrons. The lowest BCUT2D eigenvalue weighted by atomic mass is 10.2. The van der Waals surface area contributed by atoms with Crippen molar-refractivity contribution in [3.8, 4) is 11.6 Å². The van der Waals surface area contributed by atoms with E-state index >= 15 is 0 Å². The predicted octanol–water partition coefficient (Wildman–Crippen LogP) is 2.71. The maximum atomic E-state index is 12.3. The van der Waals surface area contributed by atoms with Crippen LogP contribution in [-0.2, 0) is 0 Å². The average molecular weight is 406 g/mol. The summed E-state index contributed by atoms with van der Waals surface area (Å²) in [6, 6.07) is 8.41. The number of amides is 1. The molecule has 0 saturated carbocycles. The highest BCUT2D eigenvalue weighted by Gasteiger charge is 2.31. The highest BCUT2D eigenvalue weighted by Crippen LogP contribution is 2.23. The highest BCUT2D eigenvalue weighted by molar-refractivity contribution is 5.94. The number of alkyl halides is 3. The Labute approximate surface area is 163 Å². The Morgan fingerprint density at radius 1 is 1.17 bits per heavy atom. The topological polar surface area (TPSA) is 94.0 Å². The first-order valence-corrected chi connectivity index (χ1v) is 8.53. The Morgan fingerprint density at radius 2 is 2.00 bits per heavy atom. The van der Waals surface area contributed by atoms with Gasteiger partial charge in [0.15, 0.2) is 5.82 Å². The normalized spacial score (nSPS) is 11.2. The summed E-state index contributed by atoms with van der Waals surface area (Å²) in [6.07, 6.45) is -1.65. The molecule has 8 nitrogen and oxygen atoms in total. The summed E-state index contributed by atoms with van der Waals surface area (Å²) in [5.41, 5.74) is 0.913. The second-order valence-corrected chi connectivity index (χ2v) is 5.92. The van der Waals surface area contributed by atoms with Crippen molar-refractivity contribution in [2.75, 3.05) is 18.4 Å². The molecule has 11 heteroatoms. The minimum atomic E-state index is -4.82. The van der Waals surface area contributed by atoms with Gasteiger partial charge in [0.25, 0.3) is 5.91 Å². The Hall–Kier alpha value is -3.63. The van der Waals surface area contributed by atoms with Crippen LogP contribution in [0.2, 0.25) is 0 Å². The number of rotatable bonds is 7. The van der Waals surface area contributed by atoms with Crippen molar-refractivity contribution in [1.29, 1.82) is 0 Å². The minimum Gasteiger partial charge on any atom is -0.406 e. The number of benzene rings is 1. The summed E-state index contributed by atoms with van der Waals surface area (Å²) in [7, 11) is 0. The molecule has 2 N–H and O–H groups in total. The number of halogens is 3. The van der Waals surface area contributed by atoms with Crippen LogP contribution in [0.15, 0.2) is 48.9 Å². The number of aromatic nitrogens is 4. The zero-order chi connectivity index (χ0) is 20.9. The van der Waals surface area contributed by atoms with Gasteiger partial charge in [-0.1, -0.05) is 6.07 Å². The molecular weight excluding hydrogens is 389 g/mol. The van der Waals surface area contributed by atoms with Gasteiger partial charge in [-0.05, 0) is 31.2 Å². The van der Waals surface area contributed by atoms with Gasteiger partial charge < -0.3 is 15.4 Å². The molecule has 0 aliphatic rings. The Morgan fingerprint density at radius 3 is 2.72 bits per heavy atom. The molecule has 0 unspecified atom stereocenters. The SMILES string of the molecule is Cc1ccn(-c2cc(NCCNC(=O)c3cccc(OC(F)(F)F)c3)ncn2)n1. The molecule has 0 aliphatic heterocycles. The first kappa shape index (κ1) is 20.1. The van der Waals surface area contributed by atoms with Gasteiger partial charge in [0, 0.05) is 30.9 Å². The van der Waals surface area contributed by atoms with E-state index in [0.29, 0.717) is 18.2 Å². The quantitative estimate of drug-likeness (QED) is 0.586. The molecule has 0 spiro atoms. The first-order valence-electron chi connectivity index (χ1n) is 8.53. The Kier molecular flexibility index (Phi) is 5.96. The van der Waals surface area contributed by atoms with Crippen LogP contribution in [0.25, 0.3) is 5.82 Å². The number of hydrogen-bond acceptors (Lipinski definition) is 6. The molecule has 2 heterocycles. The van der Waals surface area contributed by atoms with Crippen LogP contribution in [0.4, 0.5) is 19.0 Å². The fourth-order valence-electron chi connectivity index (χ4n) is 2.41. The van der Waals surface area contributed by atoms with Gasteiger partial charge in [0.2, 0.25) is 0 Å². The monoisotopic (exact) mass is 406 g/mol. The van der Waals surface area contributed by atoms with E-state index in [2.05, 4.69) is 30.4 Å². The maximum Gasteiger partial charge on any atom is 0.573 e. The van der Waals surface area contributed by atoms with E-state index in [1.54, 1.807) is 16.9 Å². The highest BCUT2D eigenvalue weighted by atomic mass is 19.4. The Bertz CT molecular complexity index is 989. The molecule has 1 amide bonds. The molecule has 0 aliphatic carbocycles. The summed E-state index contributed by atoms with van der Waals surface area (Å²) in [5, 5.41) is 9.91. The second kappa shape index (κ2) is 8.59. The third kappa shape index (κ3) is 5.92. The summed E-state index contributed by atoms with van der Waals surface area (Å²) in [4.78, 5) is 20.3. The lowest BCUT2D eigenvalue weighted by molar-refractivity contribution is -0.274. The van der Waals surface area contributed by atoms with Gasteiger partial charge in [-0.3, -0.25) is 4.79 Å². The van der Waals surface area contributed by atoms with Crippen molar-refractivity contribution in [2.45, 2.75) is 13.3 Å². The zero-order valence-electron chi connectivity index (χ0n) is 15.3. The van der Waals surface area contributed by atoms with E-state index in [-0.39, 0.29) is 12.1 Å². The summed E-state index contributed by atoms with van der Waals surface area (Å²) in [6.45, 7) is 2.44.